The predicted octanol–water partition coefficient (Wildman–Crippen LogP) is 3.98. The lowest BCUT2D eigenvalue weighted by Gasteiger charge is -2.36. The smallest absolute Gasteiger partial charge is 0.251 e. The molecule has 1 fully saturated rings. The van der Waals surface area contributed by atoms with Crippen LogP contribution in [0.15, 0.2) is 22.8 Å². The van der Waals surface area contributed by atoms with Crippen LogP contribution in [0, 0.1) is 0 Å². The van der Waals surface area contributed by atoms with Gasteiger partial charge in [-0.15, -0.1) is 0 Å². The fourth-order valence-corrected chi connectivity index (χ4v) is 4.51. The quantitative estimate of drug-likeness (QED) is 0.483. The van der Waals surface area contributed by atoms with Gasteiger partial charge in [0.15, 0.2) is 8.32 Å². The Balaban J connectivity index is 1.65. The number of aromatic nitrogens is 2. The molecule has 1 aliphatic rings. The third kappa shape index (κ3) is 5.37. The van der Waals surface area contributed by atoms with Gasteiger partial charge in [0.05, 0.1) is 31.5 Å². The van der Waals surface area contributed by atoms with E-state index in [1.807, 2.05) is 0 Å². The maximum Gasteiger partial charge on any atom is 0.251 e. The molecule has 1 aromatic carbocycles. The number of rotatable bonds is 6. The van der Waals surface area contributed by atoms with Gasteiger partial charge in [-0.3, -0.25) is 9.78 Å². The Bertz CT molecular complexity index is 911. The van der Waals surface area contributed by atoms with Gasteiger partial charge in [0.2, 0.25) is 0 Å². The van der Waals surface area contributed by atoms with E-state index in [9.17, 15) is 4.79 Å². The molecule has 0 bridgehead atoms. The number of morpholine rings is 1. The van der Waals surface area contributed by atoms with Crippen molar-refractivity contribution in [3.63, 3.8) is 0 Å². The summed E-state index contributed by atoms with van der Waals surface area (Å²) in [5, 5.41) is 3.10. The molecule has 1 amide bonds. The van der Waals surface area contributed by atoms with Gasteiger partial charge in [0, 0.05) is 29.7 Å². The van der Waals surface area contributed by atoms with Crippen molar-refractivity contribution in [3.05, 3.63) is 28.4 Å². The van der Waals surface area contributed by atoms with E-state index in [4.69, 9.17) is 14.1 Å². The number of fused-ring (bicyclic) bond motifs is 1. The molecule has 1 aliphatic heterocycles. The molecule has 0 atom stereocenters. The number of hydrogen-bond acceptors (Lipinski definition) is 6. The van der Waals surface area contributed by atoms with Gasteiger partial charge >= 0.3 is 0 Å². The minimum Gasteiger partial charge on any atom is -0.415 e. The Morgan fingerprint density at radius 1 is 1.30 bits per heavy atom. The standard InChI is InChI=1S/C21H31BrN4O3Si/c1-21(2,3)30(4,5)29-9-6-23-20(27)15-12-16(22)19-17(13-15)24-14-18(25-19)26-7-10-28-11-8-26/h12-14H,6-11H2,1-5H3,(H,23,27). The van der Waals surface area contributed by atoms with Crippen molar-refractivity contribution < 1.29 is 14.0 Å². The van der Waals surface area contributed by atoms with Gasteiger partial charge in [-0.1, -0.05) is 20.8 Å². The minimum atomic E-state index is -1.81. The Morgan fingerprint density at radius 3 is 2.67 bits per heavy atom. The van der Waals surface area contributed by atoms with Gasteiger partial charge in [0.25, 0.3) is 5.91 Å². The molecule has 7 nitrogen and oxygen atoms in total. The molecule has 1 saturated heterocycles. The monoisotopic (exact) mass is 494 g/mol. The lowest BCUT2D eigenvalue weighted by molar-refractivity contribution is 0.0945. The van der Waals surface area contributed by atoms with Crippen molar-refractivity contribution in [3.8, 4) is 0 Å². The van der Waals surface area contributed by atoms with E-state index in [2.05, 4.69) is 65.0 Å². The summed E-state index contributed by atoms with van der Waals surface area (Å²) in [7, 11) is -1.81. The van der Waals surface area contributed by atoms with Gasteiger partial charge in [0.1, 0.15) is 11.3 Å². The van der Waals surface area contributed by atoms with Crippen molar-refractivity contribution in [1.29, 1.82) is 0 Å². The second-order valence-electron chi connectivity index (χ2n) is 9.02. The Labute approximate surface area is 187 Å². The van der Waals surface area contributed by atoms with Crippen molar-refractivity contribution in [2.75, 3.05) is 44.4 Å². The van der Waals surface area contributed by atoms with Crippen LogP contribution in [0.1, 0.15) is 31.1 Å². The fraction of sp³-hybridized carbons (Fsp3) is 0.571. The molecule has 0 radical (unpaired) electrons. The maximum atomic E-state index is 12.6. The second-order valence-corrected chi connectivity index (χ2v) is 14.7. The van der Waals surface area contributed by atoms with Crippen molar-refractivity contribution in [2.45, 2.75) is 38.9 Å². The summed E-state index contributed by atoms with van der Waals surface area (Å²) in [6.45, 7) is 15.0. The average Bonchev–Trinajstić information content (AvgIpc) is 2.70. The van der Waals surface area contributed by atoms with Crippen LogP contribution in [-0.2, 0) is 9.16 Å². The number of carbonyl (C=O) groups is 1. The van der Waals surface area contributed by atoms with Crippen molar-refractivity contribution >= 4 is 47.0 Å². The van der Waals surface area contributed by atoms with E-state index in [0.29, 0.717) is 37.4 Å². The normalized spacial score (nSPS) is 15.5. The molecule has 0 unspecified atom stereocenters. The Kier molecular flexibility index (Phi) is 7.16. The first-order chi connectivity index (χ1) is 14.1. The van der Waals surface area contributed by atoms with Crippen LogP contribution in [0.25, 0.3) is 11.0 Å². The van der Waals surface area contributed by atoms with Gasteiger partial charge in [-0.05, 0) is 46.2 Å². The van der Waals surface area contributed by atoms with Crippen molar-refractivity contribution in [2.24, 2.45) is 0 Å². The number of halogens is 1. The summed E-state index contributed by atoms with van der Waals surface area (Å²) < 4.78 is 12.3. The second kappa shape index (κ2) is 9.29. The topological polar surface area (TPSA) is 76.6 Å². The summed E-state index contributed by atoms with van der Waals surface area (Å²) in [5.74, 6) is 0.682. The predicted molar refractivity (Wildman–Crippen MR) is 126 cm³/mol. The SMILES string of the molecule is CC(C)(C)[Si](C)(C)OCCNC(=O)c1cc(Br)c2nc(N3CCOCC3)cnc2c1. The summed E-state index contributed by atoms with van der Waals surface area (Å²) in [6, 6.07) is 3.57. The van der Waals surface area contributed by atoms with Crippen LogP contribution in [0.4, 0.5) is 5.82 Å². The molecular weight excluding hydrogens is 464 g/mol. The number of ether oxygens (including phenoxy) is 1. The maximum absolute atomic E-state index is 12.6. The highest BCUT2D eigenvalue weighted by atomic mass is 79.9. The zero-order chi connectivity index (χ0) is 21.9. The van der Waals surface area contributed by atoms with Crippen LogP contribution in [0.5, 0.6) is 0 Å². The first-order valence-corrected chi connectivity index (χ1v) is 14.0. The molecule has 9 heteroatoms. The van der Waals surface area contributed by atoms with Crippen LogP contribution in [0.3, 0.4) is 0 Å². The molecule has 1 aromatic heterocycles. The highest BCUT2D eigenvalue weighted by molar-refractivity contribution is 9.10. The number of nitrogens with zero attached hydrogens (tertiary/aromatic N) is 3. The number of carbonyl (C=O) groups excluding carboxylic acids is 1. The molecule has 0 spiro atoms. The molecular formula is C21H31BrN4O3Si. The van der Waals surface area contributed by atoms with Crippen LogP contribution < -0.4 is 10.2 Å². The molecule has 30 heavy (non-hydrogen) atoms. The number of nitrogens with one attached hydrogen (secondary N) is 1. The number of amides is 1. The molecule has 164 valence electrons. The molecule has 0 aliphatic carbocycles. The lowest BCUT2D eigenvalue weighted by Crippen LogP contribution is -2.42. The highest BCUT2D eigenvalue weighted by Gasteiger charge is 2.36. The van der Waals surface area contributed by atoms with E-state index < -0.39 is 8.32 Å². The third-order valence-corrected chi connectivity index (χ3v) is 11.0. The first kappa shape index (κ1) is 23.1. The third-order valence-electron chi connectivity index (χ3n) is 5.84. The zero-order valence-corrected chi connectivity index (χ0v) is 21.0. The van der Waals surface area contributed by atoms with Crippen LogP contribution in [0.2, 0.25) is 18.1 Å². The summed E-state index contributed by atoms with van der Waals surface area (Å²) in [6.07, 6.45) is 1.76. The molecule has 1 N–H and O–H groups in total. The summed E-state index contributed by atoms with van der Waals surface area (Å²) in [4.78, 5) is 24.1. The zero-order valence-electron chi connectivity index (χ0n) is 18.4. The fourth-order valence-electron chi connectivity index (χ4n) is 2.93. The first-order valence-electron chi connectivity index (χ1n) is 10.3. The van der Waals surface area contributed by atoms with Gasteiger partial charge < -0.3 is 19.4 Å². The van der Waals surface area contributed by atoms with Gasteiger partial charge in [-0.2, -0.15) is 0 Å². The molecule has 2 heterocycles. The van der Waals surface area contributed by atoms with E-state index in [1.165, 1.54) is 0 Å². The average molecular weight is 495 g/mol. The van der Waals surface area contributed by atoms with E-state index in [0.717, 1.165) is 28.9 Å². The number of anilines is 1. The highest BCUT2D eigenvalue weighted by Crippen LogP contribution is 2.36. The lowest BCUT2D eigenvalue weighted by atomic mass is 10.2. The molecule has 3 rings (SSSR count). The number of benzene rings is 1. The minimum absolute atomic E-state index is 0.143. The van der Waals surface area contributed by atoms with E-state index >= 15 is 0 Å². The molecule has 2 aromatic rings. The van der Waals surface area contributed by atoms with E-state index in [-0.39, 0.29) is 10.9 Å². The Hall–Kier alpha value is -1.55. The Morgan fingerprint density at radius 2 is 2.00 bits per heavy atom. The largest absolute Gasteiger partial charge is 0.415 e. The van der Waals surface area contributed by atoms with E-state index in [1.54, 1.807) is 18.3 Å². The number of hydrogen-bond donors (Lipinski definition) is 1. The van der Waals surface area contributed by atoms with Crippen molar-refractivity contribution in [1.82, 2.24) is 15.3 Å². The summed E-state index contributed by atoms with van der Waals surface area (Å²) in [5.41, 5.74) is 1.98. The molecule has 0 saturated carbocycles. The van der Waals surface area contributed by atoms with Crippen LogP contribution in [-0.4, -0.2) is 63.6 Å². The summed E-state index contributed by atoms with van der Waals surface area (Å²) >= 11 is 3.56. The van der Waals surface area contributed by atoms with Crippen LogP contribution >= 0.6 is 15.9 Å². The van der Waals surface area contributed by atoms with Gasteiger partial charge in [-0.25, -0.2) is 4.98 Å².